The van der Waals surface area contributed by atoms with Crippen molar-refractivity contribution >= 4 is 12.7 Å². The molecule has 1 aliphatic rings. The molecular weight excluding hydrogens is 295 g/mol. The van der Waals surface area contributed by atoms with Crippen LogP contribution >= 0.6 is 0 Å². The average molecular weight is 320 g/mol. The topological polar surface area (TPSA) is 0 Å². The highest BCUT2D eigenvalue weighted by Crippen LogP contribution is 2.36. The maximum atomic E-state index is 13.0. The SMILES string of the molecule is C=C(F)/C=c1/ccc(-c2ccc(C3CCC(C)CC3)cc2)cc1=C. The van der Waals surface area contributed by atoms with Gasteiger partial charge in [0, 0.05) is 0 Å². The Morgan fingerprint density at radius 3 is 2.21 bits per heavy atom. The van der Waals surface area contributed by atoms with Crippen LogP contribution in [0.4, 0.5) is 4.39 Å². The van der Waals surface area contributed by atoms with Crippen LogP contribution in [-0.4, -0.2) is 0 Å². The molecule has 3 rings (SSSR count). The number of hydrogen-bond acceptors (Lipinski definition) is 0. The van der Waals surface area contributed by atoms with Gasteiger partial charge >= 0.3 is 0 Å². The maximum absolute atomic E-state index is 13.0. The van der Waals surface area contributed by atoms with E-state index in [1.165, 1.54) is 42.9 Å². The van der Waals surface area contributed by atoms with Crippen LogP contribution in [0.5, 0.6) is 0 Å². The highest BCUT2D eigenvalue weighted by Gasteiger charge is 2.19. The summed E-state index contributed by atoms with van der Waals surface area (Å²) in [6.45, 7) is 9.66. The standard InChI is InChI=1S/C23H25F/c1-16-4-6-19(7-5-16)20-8-10-21(11-9-20)23-13-12-22(15-18(3)24)17(2)14-23/h8-16,19H,2-7H2,1H3/b22-15-. The molecule has 1 heteroatoms. The van der Waals surface area contributed by atoms with Gasteiger partial charge in [0.15, 0.2) is 0 Å². The maximum Gasteiger partial charge on any atom is 0.116 e. The van der Waals surface area contributed by atoms with E-state index < -0.39 is 5.83 Å². The second-order valence-corrected chi connectivity index (χ2v) is 7.08. The Balaban J connectivity index is 1.82. The lowest BCUT2D eigenvalue weighted by atomic mass is 9.79. The first kappa shape index (κ1) is 16.7. The Morgan fingerprint density at radius 2 is 1.62 bits per heavy atom. The molecule has 0 saturated heterocycles. The summed E-state index contributed by atoms with van der Waals surface area (Å²) in [5.41, 5.74) is 3.75. The first-order valence-corrected chi connectivity index (χ1v) is 8.78. The number of benzene rings is 2. The molecule has 0 N–H and O–H groups in total. The summed E-state index contributed by atoms with van der Waals surface area (Å²) in [5, 5.41) is 1.59. The monoisotopic (exact) mass is 320 g/mol. The number of hydrogen-bond donors (Lipinski definition) is 0. The fourth-order valence-corrected chi connectivity index (χ4v) is 3.64. The Morgan fingerprint density at radius 1 is 1.00 bits per heavy atom. The lowest BCUT2D eigenvalue weighted by molar-refractivity contribution is 0.348. The molecule has 0 heterocycles. The van der Waals surface area contributed by atoms with Crippen molar-refractivity contribution in [1.82, 2.24) is 0 Å². The summed E-state index contributed by atoms with van der Waals surface area (Å²) in [5.74, 6) is 1.15. The molecule has 2 aromatic carbocycles. The average Bonchev–Trinajstić information content (AvgIpc) is 2.57. The lowest BCUT2D eigenvalue weighted by Gasteiger charge is -2.26. The lowest BCUT2D eigenvalue weighted by Crippen LogP contribution is -2.22. The number of rotatable bonds is 3. The predicted molar refractivity (Wildman–Crippen MR) is 102 cm³/mol. The minimum absolute atomic E-state index is 0.446. The fraction of sp³-hybridized carbons (Fsp3) is 0.304. The van der Waals surface area contributed by atoms with Crippen LogP contribution in [-0.2, 0) is 0 Å². The van der Waals surface area contributed by atoms with Gasteiger partial charge in [-0.2, -0.15) is 0 Å². The van der Waals surface area contributed by atoms with Gasteiger partial charge in [-0.3, -0.25) is 0 Å². The minimum atomic E-state index is -0.446. The van der Waals surface area contributed by atoms with Crippen molar-refractivity contribution in [3.63, 3.8) is 0 Å². The third-order valence-corrected chi connectivity index (χ3v) is 5.19. The van der Waals surface area contributed by atoms with Crippen LogP contribution in [0.15, 0.2) is 54.9 Å². The Bertz CT molecular complexity index is 821. The van der Waals surface area contributed by atoms with Crippen molar-refractivity contribution in [2.24, 2.45) is 5.92 Å². The van der Waals surface area contributed by atoms with Crippen molar-refractivity contribution in [2.45, 2.75) is 38.5 Å². The smallest absolute Gasteiger partial charge is 0.116 e. The largest absolute Gasteiger partial charge is 0.208 e. The van der Waals surface area contributed by atoms with Gasteiger partial charge in [-0.15, -0.1) is 0 Å². The quantitative estimate of drug-likeness (QED) is 0.718. The van der Waals surface area contributed by atoms with E-state index in [1.807, 2.05) is 18.2 Å². The van der Waals surface area contributed by atoms with Crippen molar-refractivity contribution in [2.75, 3.05) is 0 Å². The van der Waals surface area contributed by atoms with Crippen LogP contribution in [0.3, 0.4) is 0 Å². The number of allylic oxidation sites excluding steroid dienone is 1. The Kier molecular flexibility index (Phi) is 4.99. The molecule has 0 bridgehead atoms. The van der Waals surface area contributed by atoms with Gasteiger partial charge in [-0.05, 0) is 63.9 Å². The van der Waals surface area contributed by atoms with Crippen molar-refractivity contribution in [3.8, 4) is 11.1 Å². The molecule has 0 amide bonds. The van der Waals surface area contributed by atoms with Gasteiger partial charge in [0.1, 0.15) is 5.83 Å². The normalized spacial score (nSPS) is 21.7. The Hall–Kier alpha value is -2.15. The van der Waals surface area contributed by atoms with Gasteiger partial charge in [0.05, 0.1) is 0 Å². The van der Waals surface area contributed by atoms with Gasteiger partial charge in [-0.25, -0.2) is 4.39 Å². The molecule has 1 fully saturated rings. The van der Waals surface area contributed by atoms with E-state index in [4.69, 9.17) is 0 Å². The van der Waals surface area contributed by atoms with E-state index >= 15 is 0 Å². The first-order chi connectivity index (χ1) is 11.5. The second kappa shape index (κ2) is 7.17. The van der Waals surface area contributed by atoms with Crippen molar-refractivity contribution in [1.29, 1.82) is 0 Å². The van der Waals surface area contributed by atoms with E-state index in [0.717, 1.165) is 21.9 Å². The molecule has 2 aromatic rings. The third kappa shape index (κ3) is 3.84. The minimum Gasteiger partial charge on any atom is -0.208 e. The van der Waals surface area contributed by atoms with E-state index in [9.17, 15) is 4.39 Å². The van der Waals surface area contributed by atoms with Crippen molar-refractivity contribution < 1.29 is 4.39 Å². The van der Waals surface area contributed by atoms with Crippen LogP contribution in [0, 0.1) is 5.92 Å². The van der Waals surface area contributed by atoms with E-state index in [2.05, 4.69) is 44.3 Å². The molecule has 0 aliphatic heterocycles. The molecule has 0 atom stereocenters. The molecule has 0 radical (unpaired) electrons. The predicted octanol–water partition coefficient (Wildman–Crippen LogP) is 5.32. The van der Waals surface area contributed by atoms with Gasteiger partial charge < -0.3 is 0 Å². The van der Waals surface area contributed by atoms with E-state index in [-0.39, 0.29) is 0 Å². The molecule has 24 heavy (non-hydrogen) atoms. The summed E-state index contributed by atoms with van der Waals surface area (Å²) < 4.78 is 13.0. The molecule has 0 spiro atoms. The zero-order valence-corrected chi connectivity index (χ0v) is 14.4. The molecular formula is C23H25F. The number of halogens is 1. The van der Waals surface area contributed by atoms with Gasteiger partial charge in [-0.1, -0.05) is 69.3 Å². The third-order valence-electron chi connectivity index (χ3n) is 5.19. The zero-order valence-electron chi connectivity index (χ0n) is 14.4. The summed E-state index contributed by atoms with van der Waals surface area (Å²) >= 11 is 0. The van der Waals surface area contributed by atoms with Crippen LogP contribution in [0.2, 0.25) is 0 Å². The van der Waals surface area contributed by atoms with Gasteiger partial charge in [0.25, 0.3) is 0 Å². The summed E-state index contributed by atoms with van der Waals surface area (Å²) in [7, 11) is 0. The van der Waals surface area contributed by atoms with E-state index in [1.54, 1.807) is 0 Å². The van der Waals surface area contributed by atoms with Crippen LogP contribution in [0.25, 0.3) is 23.8 Å². The molecule has 124 valence electrons. The highest BCUT2D eigenvalue weighted by atomic mass is 19.1. The molecule has 1 saturated carbocycles. The first-order valence-electron chi connectivity index (χ1n) is 8.78. The van der Waals surface area contributed by atoms with Crippen molar-refractivity contribution in [3.05, 3.63) is 70.9 Å². The summed E-state index contributed by atoms with van der Waals surface area (Å²) in [4.78, 5) is 0. The van der Waals surface area contributed by atoms with Crippen LogP contribution in [0.1, 0.15) is 44.1 Å². The fourth-order valence-electron chi connectivity index (χ4n) is 3.64. The zero-order chi connectivity index (χ0) is 17.1. The molecule has 1 aliphatic carbocycles. The van der Waals surface area contributed by atoms with Gasteiger partial charge in [0.2, 0.25) is 0 Å². The van der Waals surface area contributed by atoms with E-state index in [0.29, 0.717) is 5.92 Å². The molecule has 0 aromatic heterocycles. The summed E-state index contributed by atoms with van der Waals surface area (Å²) in [6.07, 6.45) is 6.71. The Labute approximate surface area is 144 Å². The summed E-state index contributed by atoms with van der Waals surface area (Å²) in [6, 6.07) is 14.8. The second-order valence-electron chi connectivity index (χ2n) is 7.08. The highest BCUT2D eigenvalue weighted by molar-refractivity contribution is 5.64. The molecule has 0 nitrogen and oxygen atoms in total. The van der Waals surface area contributed by atoms with Crippen LogP contribution < -0.4 is 10.4 Å². The molecule has 0 unspecified atom stereocenters.